The van der Waals surface area contributed by atoms with Crippen LogP contribution in [-0.2, 0) is 10.2 Å². The van der Waals surface area contributed by atoms with Crippen LogP contribution in [0, 0.1) is 22.7 Å². The van der Waals surface area contributed by atoms with E-state index in [2.05, 4.69) is 54.8 Å². The highest BCUT2D eigenvalue weighted by Gasteiger charge is 2.65. The first-order valence-corrected chi connectivity index (χ1v) is 11.6. The fourth-order valence-electron chi connectivity index (χ4n) is 7.95. The number of hydrogen-bond acceptors (Lipinski definition) is 2. The highest BCUT2D eigenvalue weighted by molar-refractivity contribution is 5.84. The van der Waals surface area contributed by atoms with Crippen LogP contribution >= 0.6 is 0 Å². The molecule has 4 bridgehead atoms. The van der Waals surface area contributed by atoms with Crippen LogP contribution in [0.1, 0.15) is 70.8 Å². The molecule has 1 aromatic carbocycles. The second kappa shape index (κ2) is 6.58. The van der Waals surface area contributed by atoms with Gasteiger partial charge < -0.3 is 10.6 Å². The second-order valence-electron chi connectivity index (χ2n) is 10.8. The van der Waals surface area contributed by atoms with Gasteiger partial charge in [0, 0.05) is 6.04 Å². The summed E-state index contributed by atoms with van der Waals surface area (Å²) in [4.78, 5) is 13.8. The Morgan fingerprint density at radius 1 is 1.14 bits per heavy atom. The fourth-order valence-corrected chi connectivity index (χ4v) is 7.95. The second-order valence-corrected chi connectivity index (χ2v) is 10.8. The quantitative estimate of drug-likeness (QED) is 0.812. The maximum atomic E-state index is 13.8. The van der Waals surface area contributed by atoms with Crippen molar-refractivity contribution in [2.75, 3.05) is 13.1 Å². The van der Waals surface area contributed by atoms with Gasteiger partial charge in [-0.2, -0.15) is 0 Å². The van der Waals surface area contributed by atoms with Crippen molar-refractivity contribution in [2.24, 2.45) is 22.7 Å². The summed E-state index contributed by atoms with van der Waals surface area (Å²) >= 11 is 0. The predicted molar refractivity (Wildman–Crippen MR) is 113 cm³/mol. The van der Waals surface area contributed by atoms with Gasteiger partial charge in [-0.15, -0.1) is 0 Å². The summed E-state index contributed by atoms with van der Waals surface area (Å²) in [6.07, 6.45) is 9.50. The molecule has 3 heteroatoms. The van der Waals surface area contributed by atoms with E-state index >= 15 is 0 Å². The third kappa shape index (κ3) is 2.84. The van der Waals surface area contributed by atoms with Crippen molar-refractivity contribution in [3.63, 3.8) is 0 Å². The number of amides is 1. The van der Waals surface area contributed by atoms with Crippen LogP contribution in [0.3, 0.4) is 0 Å². The minimum absolute atomic E-state index is 0.143. The molecule has 0 aromatic heterocycles. The largest absolute Gasteiger partial charge is 0.353 e. The highest BCUT2D eigenvalue weighted by atomic mass is 16.2. The van der Waals surface area contributed by atoms with Crippen LogP contribution in [-0.4, -0.2) is 25.0 Å². The third-order valence-corrected chi connectivity index (χ3v) is 8.90. The first-order valence-electron chi connectivity index (χ1n) is 11.6. The van der Waals surface area contributed by atoms with Crippen molar-refractivity contribution in [1.82, 2.24) is 10.6 Å². The fraction of sp³-hybridized carbons (Fsp3) is 0.720. The Balaban J connectivity index is 1.48. The first-order chi connectivity index (χ1) is 13.5. The molecular weight excluding hydrogens is 344 g/mol. The van der Waals surface area contributed by atoms with Gasteiger partial charge in [-0.05, 0) is 86.3 Å². The van der Waals surface area contributed by atoms with Gasteiger partial charge in [-0.1, -0.05) is 50.6 Å². The summed E-state index contributed by atoms with van der Waals surface area (Å²) < 4.78 is 0. The summed E-state index contributed by atoms with van der Waals surface area (Å²) in [5.74, 6) is 1.62. The molecule has 2 N–H and O–H groups in total. The van der Waals surface area contributed by atoms with Gasteiger partial charge in [-0.25, -0.2) is 0 Å². The van der Waals surface area contributed by atoms with Gasteiger partial charge >= 0.3 is 0 Å². The van der Waals surface area contributed by atoms with Gasteiger partial charge in [0.25, 0.3) is 0 Å². The number of nitrogens with one attached hydrogen (secondary N) is 2. The molecule has 3 nitrogen and oxygen atoms in total. The van der Waals surface area contributed by atoms with Crippen molar-refractivity contribution in [1.29, 1.82) is 0 Å². The van der Waals surface area contributed by atoms with E-state index in [4.69, 9.17) is 0 Å². The van der Waals surface area contributed by atoms with Crippen LogP contribution in [0.5, 0.6) is 0 Å². The minimum atomic E-state index is -0.143. The number of benzene rings is 1. The predicted octanol–water partition coefficient (Wildman–Crippen LogP) is 4.42. The van der Waals surface area contributed by atoms with Crippen molar-refractivity contribution in [2.45, 2.75) is 76.7 Å². The van der Waals surface area contributed by atoms with Crippen LogP contribution in [0.4, 0.5) is 0 Å². The average molecular weight is 381 g/mol. The van der Waals surface area contributed by atoms with Crippen molar-refractivity contribution in [3.05, 3.63) is 35.9 Å². The van der Waals surface area contributed by atoms with Gasteiger partial charge in [0.1, 0.15) is 0 Å². The molecule has 152 valence electrons. The van der Waals surface area contributed by atoms with Crippen molar-refractivity contribution >= 4 is 5.91 Å². The zero-order chi connectivity index (χ0) is 19.4. The molecule has 28 heavy (non-hydrogen) atoms. The zero-order valence-corrected chi connectivity index (χ0v) is 17.6. The Morgan fingerprint density at radius 2 is 1.96 bits per heavy atom. The van der Waals surface area contributed by atoms with Crippen LogP contribution in [0.15, 0.2) is 30.3 Å². The monoisotopic (exact) mass is 380 g/mol. The lowest BCUT2D eigenvalue weighted by atomic mass is 9.38. The molecule has 1 saturated heterocycles. The molecule has 1 aliphatic heterocycles. The maximum absolute atomic E-state index is 13.8. The molecule has 4 aliphatic carbocycles. The molecule has 5 aliphatic rings. The zero-order valence-electron chi connectivity index (χ0n) is 17.6. The lowest BCUT2D eigenvalue weighted by Crippen LogP contribution is -2.64. The highest BCUT2D eigenvalue weighted by Crippen LogP contribution is 2.71. The third-order valence-electron chi connectivity index (χ3n) is 8.90. The Bertz CT molecular complexity index is 748. The Morgan fingerprint density at radius 3 is 2.71 bits per heavy atom. The normalized spacial score (nSPS) is 44.4. The van der Waals surface area contributed by atoms with E-state index < -0.39 is 0 Å². The van der Waals surface area contributed by atoms with Gasteiger partial charge in [0.05, 0.1) is 5.41 Å². The number of carbonyl (C=O) groups excluding carboxylic acids is 1. The topological polar surface area (TPSA) is 41.1 Å². The average Bonchev–Trinajstić information content (AvgIpc) is 2.69. The van der Waals surface area contributed by atoms with Crippen molar-refractivity contribution < 1.29 is 4.79 Å². The van der Waals surface area contributed by atoms with Crippen LogP contribution < -0.4 is 10.6 Å². The summed E-state index contributed by atoms with van der Waals surface area (Å²) in [5.41, 5.74) is 1.93. The van der Waals surface area contributed by atoms with E-state index in [-0.39, 0.29) is 10.8 Å². The Kier molecular flexibility index (Phi) is 4.39. The number of hydrogen-bond donors (Lipinski definition) is 2. The molecule has 1 amide bonds. The molecule has 6 rings (SSSR count). The first kappa shape index (κ1) is 18.7. The summed E-state index contributed by atoms with van der Waals surface area (Å²) in [6.45, 7) is 6.69. The van der Waals surface area contributed by atoms with Crippen molar-refractivity contribution in [3.8, 4) is 0 Å². The van der Waals surface area contributed by atoms with Gasteiger partial charge in [0.2, 0.25) is 5.91 Å². The van der Waals surface area contributed by atoms with E-state index in [1.807, 2.05) is 0 Å². The van der Waals surface area contributed by atoms with Crippen LogP contribution in [0.2, 0.25) is 0 Å². The SMILES string of the molecule is CC[C@]12CC3C[C@@](C(=O)NC4CCNCC4C)(C1)C[C@@](c1ccccc1)(C3)C2. The molecule has 1 heterocycles. The summed E-state index contributed by atoms with van der Waals surface area (Å²) in [6, 6.07) is 11.5. The molecule has 5 fully saturated rings. The molecular formula is C25H36N2O. The molecule has 0 spiro atoms. The van der Waals surface area contributed by atoms with E-state index in [9.17, 15) is 4.79 Å². The molecule has 3 unspecified atom stereocenters. The molecule has 0 radical (unpaired) electrons. The number of rotatable bonds is 4. The van der Waals surface area contributed by atoms with Gasteiger partial charge in [0.15, 0.2) is 0 Å². The maximum Gasteiger partial charge on any atom is 0.226 e. The van der Waals surface area contributed by atoms with Gasteiger partial charge in [-0.3, -0.25) is 4.79 Å². The van der Waals surface area contributed by atoms with E-state index in [0.717, 1.165) is 38.8 Å². The van der Waals surface area contributed by atoms with E-state index in [0.29, 0.717) is 29.2 Å². The molecule has 6 atom stereocenters. The standard InChI is InChI=1S/C25H36N2O/c1-3-23-11-19-12-24(15-23,20-7-5-4-6-8-20)17-25(13-19,16-23)22(28)27-21-9-10-26-14-18(21)2/h4-8,18-19,21,26H,3,9-17H2,1-2H3,(H,27,28)/t18?,19?,21?,23-,24-,25-/m1/s1. The van der Waals surface area contributed by atoms with E-state index in [1.165, 1.54) is 31.2 Å². The number of carbonyl (C=O) groups is 1. The number of piperidine rings is 1. The Hall–Kier alpha value is -1.35. The van der Waals surface area contributed by atoms with Crippen LogP contribution in [0.25, 0.3) is 0 Å². The molecule has 4 saturated carbocycles. The van der Waals surface area contributed by atoms with E-state index in [1.54, 1.807) is 0 Å². The lowest BCUT2D eigenvalue weighted by Gasteiger charge is -2.66. The lowest BCUT2D eigenvalue weighted by molar-refractivity contribution is -0.164. The minimum Gasteiger partial charge on any atom is -0.353 e. The smallest absolute Gasteiger partial charge is 0.226 e. The summed E-state index contributed by atoms with van der Waals surface area (Å²) in [7, 11) is 0. The molecule has 1 aromatic rings. The summed E-state index contributed by atoms with van der Waals surface area (Å²) in [5, 5.41) is 7.02. The Labute approximate surface area is 170 Å².